The van der Waals surface area contributed by atoms with E-state index < -0.39 is 0 Å². The smallest absolute Gasteiger partial charge is 0.119 e. The number of methoxy groups -OCH3 is 1. The molecule has 0 saturated heterocycles. The second-order valence-electron chi connectivity index (χ2n) is 4.63. The van der Waals surface area contributed by atoms with Crippen LogP contribution in [0.3, 0.4) is 0 Å². The molecule has 0 N–H and O–H groups in total. The molecule has 18 heavy (non-hydrogen) atoms. The average molecular weight is 250 g/mol. The van der Waals surface area contributed by atoms with E-state index in [0.29, 0.717) is 0 Å². The summed E-state index contributed by atoms with van der Waals surface area (Å²) in [7, 11) is 1.70. The lowest BCUT2D eigenvalue weighted by molar-refractivity contribution is 0.133. The Kier molecular flexibility index (Phi) is 8.32. The topological polar surface area (TPSA) is 18.5 Å². The Morgan fingerprint density at radius 2 is 1.83 bits per heavy atom. The first-order valence-electron chi connectivity index (χ1n) is 7.07. The lowest BCUT2D eigenvalue weighted by atomic mass is 10.1. The second-order valence-corrected chi connectivity index (χ2v) is 4.63. The van der Waals surface area contributed by atoms with Gasteiger partial charge in [-0.1, -0.05) is 44.7 Å². The van der Waals surface area contributed by atoms with Crippen molar-refractivity contribution in [2.24, 2.45) is 0 Å². The first kappa shape index (κ1) is 15.0. The molecule has 0 aliphatic carbocycles. The van der Waals surface area contributed by atoms with Crippen LogP contribution < -0.4 is 4.74 Å². The molecule has 0 spiro atoms. The molecule has 2 heteroatoms. The third kappa shape index (κ3) is 6.65. The molecule has 1 aromatic carbocycles. The Bertz CT molecular complexity index is 310. The summed E-state index contributed by atoms with van der Waals surface area (Å²) in [6, 6.07) is 8.19. The standard InChI is InChI=1S/C16H26O2/c1-3-4-5-6-7-12-18-13-11-15-9-8-10-16(14-15)17-2/h8-10,14H,3-7,11-13H2,1-2H3. The molecule has 0 amide bonds. The lowest BCUT2D eigenvalue weighted by Gasteiger charge is -2.06. The van der Waals surface area contributed by atoms with Gasteiger partial charge in [0.05, 0.1) is 13.7 Å². The summed E-state index contributed by atoms with van der Waals surface area (Å²) in [4.78, 5) is 0. The maximum atomic E-state index is 5.65. The number of hydrogen-bond donors (Lipinski definition) is 0. The summed E-state index contributed by atoms with van der Waals surface area (Å²) in [6.45, 7) is 3.94. The monoisotopic (exact) mass is 250 g/mol. The van der Waals surface area contributed by atoms with Crippen LogP contribution in [-0.2, 0) is 11.2 Å². The van der Waals surface area contributed by atoms with E-state index >= 15 is 0 Å². The van der Waals surface area contributed by atoms with Crippen LogP contribution in [0.15, 0.2) is 24.3 Å². The van der Waals surface area contributed by atoms with Crippen LogP contribution in [0.2, 0.25) is 0 Å². The van der Waals surface area contributed by atoms with E-state index in [4.69, 9.17) is 9.47 Å². The summed E-state index contributed by atoms with van der Waals surface area (Å²) >= 11 is 0. The van der Waals surface area contributed by atoms with Gasteiger partial charge in [-0.15, -0.1) is 0 Å². The normalized spacial score (nSPS) is 10.6. The number of ether oxygens (including phenoxy) is 2. The molecular formula is C16H26O2. The second kappa shape index (κ2) is 9.95. The summed E-state index contributed by atoms with van der Waals surface area (Å²) in [5, 5.41) is 0. The largest absolute Gasteiger partial charge is 0.497 e. The molecule has 0 aromatic heterocycles. The highest BCUT2D eigenvalue weighted by Gasteiger charge is 1.96. The van der Waals surface area contributed by atoms with Crippen molar-refractivity contribution in [3.05, 3.63) is 29.8 Å². The van der Waals surface area contributed by atoms with Gasteiger partial charge in [0, 0.05) is 6.61 Å². The molecule has 0 fully saturated rings. The van der Waals surface area contributed by atoms with E-state index in [2.05, 4.69) is 19.1 Å². The average Bonchev–Trinajstić information content (AvgIpc) is 2.42. The molecule has 0 aliphatic heterocycles. The van der Waals surface area contributed by atoms with Crippen molar-refractivity contribution in [3.63, 3.8) is 0 Å². The molecule has 0 saturated carbocycles. The quantitative estimate of drug-likeness (QED) is 0.579. The van der Waals surface area contributed by atoms with Crippen molar-refractivity contribution in [3.8, 4) is 5.75 Å². The summed E-state index contributed by atoms with van der Waals surface area (Å²) in [5.74, 6) is 0.923. The van der Waals surface area contributed by atoms with Crippen molar-refractivity contribution in [1.82, 2.24) is 0 Å². The molecule has 102 valence electrons. The van der Waals surface area contributed by atoms with E-state index in [0.717, 1.165) is 25.4 Å². The zero-order chi connectivity index (χ0) is 13.1. The van der Waals surface area contributed by atoms with Crippen LogP contribution in [0.25, 0.3) is 0 Å². The van der Waals surface area contributed by atoms with Crippen LogP contribution in [0.4, 0.5) is 0 Å². The molecule has 2 nitrogen and oxygen atoms in total. The van der Waals surface area contributed by atoms with Crippen LogP contribution >= 0.6 is 0 Å². The van der Waals surface area contributed by atoms with Gasteiger partial charge < -0.3 is 9.47 Å². The number of unbranched alkanes of at least 4 members (excludes halogenated alkanes) is 4. The molecule has 0 bridgehead atoms. The lowest BCUT2D eigenvalue weighted by Crippen LogP contribution is -2.00. The molecule has 0 aliphatic rings. The SMILES string of the molecule is CCCCCCCOCCc1cccc(OC)c1. The van der Waals surface area contributed by atoms with Gasteiger partial charge in [-0.25, -0.2) is 0 Å². The van der Waals surface area contributed by atoms with Crippen molar-refractivity contribution < 1.29 is 9.47 Å². The van der Waals surface area contributed by atoms with Gasteiger partial charge in [0.1, 0.15) is 5.75 Å². The van der Waals surface area contributed by atoms with Crippen LogP contribution in [0.5, 0.6) is 5.75 Å². The van der Waals surface area contributed by atoms with Gasteiger partial charge in [-0.2, -0.15) is 0 Å². The Balaban J connectivity index is 2.03. The fraction of sp³-hybridized carbons (Fsp3) is 0.625. The van der Waals surface area contributed by atoms with Crippen LogP contribution in [0.1, 0.15) is 44.6 Å². The molecule has 0 unspecified atom stereocenters. The Labute approximate surface area is 111 Å². The molecular weight excluding hydrogens is 224 g/mol. The van der Waals surface area contributed by atoms with E-state index in [1.807, 2.05) is 12.1 Å². The minimum Gasteiger partial charge on any atom is -0.497 e. The van der Waals surface area contributed by atoms with Gasteiger partial charge >= 0.3 is 0 Å². The third-order valence-corrected chi connectivity index (χ3v) is 3.06. The number of hydrogen-bond acceptors (Lipinski definition) is 2. The highest BCUT2D eigenvalue weighted by molar-refractivity contribution is 5.28. The van der Waals surface area contributed by atoms with Crippen LogP contribution in [-0.4, -0.2) is 20.3 Å². The highest BCUT2D eigenvalue weighted by Crippen LogP contribution is 2.13. The first-order valence-corrected chi connectivity index (χ1v) is 7.07. The zero-order valence-electron chi connectivity index (χ0n) is 11.8. The molecule has 1 aromatic rings. The summed E-state index contributed by atoms with van der Waals surface area (Å²) in [5.41, 5.74) is 1.28. The highest BCUT2D eigenvalue weighted by atomic mass is 16.5. The van der Waals surface area contributed by atoms with E-state index in [1.54, 1.807) is 7.11 Å². The van der Waals surface area contributed by atoms with Gasteiger partial charge in [0.2, 0.25) is 0 Å². The molecule has 0 heterocycles. The number of rotatable bonds is 10. The van der Waals surface area contributed by atoms with E-state index in [9.17, 15) is 0 Å². The van der Waals surface area contributed by atoms with Gasteiger partial charge in [0.15, 0.2) is 0 Å². The minimum atomic E-state index is 0.806. The summed E-state index contributed by atoms with van der Waals surface area (Å²) < 4.78 is 10.8. The Morgan fingerprint density at radius 3 is 2.61 bits per heavy atom. The Morgan fingerprint density at radius 1 is 1.00 bits per heavy atom. The van der Waals surface area contributed by atoms with Crippen LogP contribution in [0, 0.1) is 0 Å². The molecule has 1 rings (SSSR count). The van der Waals surface area contributed by atoms with Crippen molar-refractivity contribution in [2.45, 2.75) is 45.4 Å². The van der Waals surface area contributed by atoms with E-state index in [-0.39, 0.29) is 0 Å². The maximum Gasteiger partial charge on any atom is 0.119 e. The first-order chi connectivity index (χ1) is 8.86. The number of benzene rings is 1. The van der Waals surface area contributed by atoms with Crippen molar-refractivity contribution in [1.29, 1.82) is 0 Å². The summed E-state index contributed by atoms with van der Waals surface area (Å²) in [6.07, 6.45) is 7.45. The van der Waals surface area contributed by atoms with Crippen molar-refractivity contribution >= 4 is 0 Å². The van der Waals surface area contributed by atoms with Gasteiger partial charge in [0.25, 0.3) is 0 Å². The predicted molar refractivity (Wildman–Crippen MR) is 76.3 cm³/mol. The minimum absolute atomic E-state index is 0.806. The molecule has 0 radical (unpaired) electrons. The van der Waals surface area contributed by atoms with E-state index in [1.165, 1.54) is 37.7 Å². The fourth-order valence-electron chi connectivity index (χ4n) is 1.93. The predicted octanol–water partition coefficient (Wildman–Crippen LogP) is 4.22. The van der Waals surface area contributed by atoms with Crippen molar-refractivity contribution in [2.75, 3.05) is 20.3 Å². The Hall–Kier alpha value is -1.02. The maximum absolute atomic E-state index is 5.65. The third-order valence-electron chi connectivity index (χ3n) is 3.06. The zero-order valence-corrected chi connectivity index (χ0v) is 11.8. The molecule has 0 atom stereocenters. The van der Waals surface area contributed by atoms with Gasteiger partial charge in [-0.05, 0) is 30.5 Å². The fourth-order valence-corrected chi connectivity index (χ4v) is 1.93. The van der Waals surface area contributed by atoms with Gasteiger partial charge in [-0.3, -0.25) is 0 Å².